The molecule has 0 saturated heterocycles. The van der Waals surface area contributed by atoms with E-state index in [-0.39, 0.29) is 17.0 Å². The van der Waals surface area contributed by atoms with E-state index >= 15 is 0 Å². The number of hydrogen-bond donors (Lipinski definition) is 2. The van der Waals surface area contributed by atoms with Crippen LogP contribution in [0.15, 0.2) is 18.2 Å². The largest absolute Gasteiger partial charge is 0.493 e. The maximum atomic E-state index is 12.0. The molecule has 2 N–H and O–H groups in total. The normalized spacial score (nSPS) is 10.1. The van der Waals surface area contributed by atoms with Gasteiger partial charge in [-0.05, 0) is 18.4 Å². The number of amides is 1. The fourth-order valence-electron chi connectivity index (χ4n) is 1.59. The summed E-state index contributed by atoms with van der Waals surface area (Å²) in [5.74, 6) is -1.34. The molecular weight excluding hydrogens is 364 g/mol. The monoisotopic (exact) mass is 388 g/mol. The molecule has 1 aromatic carbocycles. The Morgan fingerprint density at radius 3 is 2.38 bits per heavy atom. The molecule has 26 heavy (non-hydrogen) atoms. The fraction of sp³-hybridized carbons (Fsp3) is 0.500. The predicted molar refractivity (Wildman–Crippen MR) is 98.0 cm³/mol. The molecule has 0 unspecified atom stereocenters. The van der Waals surface area contributed by atoms with Crippen LogP contribution in [-0.2, 0) is 15.6 Å². The first-order chi connectivity index (χ1) is 12.0. The molecule has 1 rings (SSSR count). The third kappa shape index (κ3) is 10.4. The molecule has 1 amide bonds. The van der Waals surface area contributed by atoms with Crippen molar-refractivity contribution in [3.05, 3.63) is 33.9 Å². The number of nitrogens with zero attached hydrogens (tertiary/aromatic N) is 1. The van der Waals surface area contributed by atoms with Crippen molar-refractivity contribution in [3.8, 4) is 5.75 Å². The molecule has 9 nitrogen and oxygen atoms in total. The number of nitrogens with one attached hydrogen (secondary N) is 1. The summed E-state index contributed by atoms with van der Waals surface area (Å²) in [7, 11) is -0.611. The fourth-order valence-corrected chi connectivity index (χ4v) is 1.59. The van der Waals surface area contributed by atoms with Crippen LogP contribution < -0.4 is 10.1 Å². The maximum Gasteiger partial charge on any atom is 0.322 e. The van der Waals surface area contributed by atoms with Gasteiger partial charge >= 0.3 is 5.97 Å². The standard InChI is InChI=1S/C14H18N2O6.C2H6OS/c1-9(2)5-6-22-12-4-3-10(16(20)21)7-11(12)14(19)15-8-13(17)18;1-4(2)3/h3-4,7,9H,5-6,8H2,1-2H3,(H,15,19)(H,17,18);1-2H3. The number of benzene rings is 1. The second-order valence-corrected chi connectivity index (χ2v) is 7.27. The van der Waals surface area contributed by atoms with Crippen LogP contribution in [0.3, 0.4) is 0 Å². The Bertz CT molecular complexity index is 658. The molecule has 0 fully saturated rings. The number of carboxylic acid groups (broad SMARTS) is 1. The van der Waals surface area contributed by atoms with Gasteiger partial charge in [0, 0.05) is 35.4 Å². The quantitative estimate of drug-likeness (QED) is 0.512. The van der Waals surface area contributed by atoms with Crippen molar-refractivity contribution in [2.75, 3.05) is 25.7 Å². The molecule has 146 valence electrons. The van der Waals surface area contributed by atoms with Gasteiger partial charge in [-0.15, -0.1) is 0 Å². The van der Waals surface area contributed by atoms with Crippen LogP contribution in [0.4, 0.5) is 5.69 Å². The van der Waals surface area contributed by atoms with Gasteiger partial charge in [-0.25, -0.2) is 0 Å². The van der Waals surface area contributed by atoms with Crippen molar-refractivity contribution < 1.29 is 28.6 Å². The zero-order chi connectivity index (χ0) is 20.3. The summed E-state index contributed by atoms with van der Waals surface area (Å²) in [4.78, 5) is 32.6. The number of rotatable bonds is 8. The van der Waals surface area contributed by atoms with Gasteiger partial charge in [-0.3, -0.25) is 23.9 Å². The van der Waals surface area contributed by atoms with Crippen molar-refractivity contribution >= 4 is 28.4 Å². The summed E-state index contributed by atoms with van der Waals surface area (Å²) < 4.78 is 15.0. The van der Waals surface area contributed by atoms with Crippen molar-refractivity contribution in [1.82, 2.24) is 5.32 Å². The summed E-state index contributed by atoms with van der Waals surface area (Å²) in [5.41, 5.74) is -0.323. The van der Waals surface area contributed by atoms with Gasteiger partial charge in [0.25, 0.3) is 11.6 Å². The molecule has 0 saturated carbocycles. The highest BCUT2D eigenvalue weighted by atomic mass is 32.2. The number of aliphatic carboxylic acids is 1. The van der Waals surface area contributed by atoms with E-state index in [0.29, 0.717) is 12.5 Å². The molecule has 0 aromatic heterocycles. The third-order valence-corrected chi connectivity index (χ3v) is 2.77. The van der Waals surface area contributed by atoms with Gasteiger partial charge in [0.05, 0.1) is 17.1 Å². The maximum absolute atomic E-state index is 12.0. The van der Waals surface area contributed by atoms with Crippen molar-refractivity contribution in [3.63, 3.8) is 0 Å². The lowest BCUT2D eigenvalue weighted by Gasteiger charge is -2.12. The lowest BCUT2D eigenvalue weighted by molar-refractivity contribution is -0.384. The SMILES string of the molecule is CC(C)CCOc1ccc([N+](=O)[O-])cc1C(=O)NCC(=O)O.CS(C)=O. The van der Waals surface area contributed by atoms with Gasteiger partial charge in [-0.2, -0.15) is 0 Å². The Balaban J connectivity index is 0.00000141. The second-order valence-electron chi connectivity index (χ2n) is 5.79. The van der Waals surface area contributed by atoms with E-state index in [9.17, 15) is 23.9 Å². The predicted octanol–water partition coefficient (Wildman–Crippen LogP) is 1.83. The highest BCUT2D eigenvalue weighted by Crippen LogP contribution is 2.24. The minimum atomic E-state index is -1.21. The molecule has 0 spiro atoms. The Hall–Kier alpha value is -2.49. The molecule has 0 heterocycles. The van der Waals surface area contributed by atoms with Gasteiger partial charge in [0.1, 0.15) is 12.3 Å². The zero-order valence-electron chi connectivity index (χ0n) is 15.2. The van der Waals surface area contributed by atoms with Crippen molar-refractivity contribution in [1.29, 1.82) is 0 Å². The number of non-ortho nitro benzene ring substituents is 1. The number of carbonyl (C=O) groups excluding carboxylic acids is 1. The van der Waals surface area contributed by atoms with E-state index in [2.05, 4.69) is 5.32 Å². The lowest BCUT2D eigenvalue weighted by atomic mass is 10.1. The number of carboxylic acids is 1. The topological polar surface area (TPSA) is 136 Å². The number of hydrogen-bond acceptors (Lipinski definition) is 6. The van der Waals surface area contributed by atoms with E-state index in [0.717, 1.165) is 12.5 Å². The molecule has 0 aliphatic rings. The third-order valence-electron chi connectivity index (χ3n) is 2.77. The Kier molecular flexibility index (Phi) is 10.8. The summed E-state index contributed by atoms with van der Waals surface area (Å²) in [6.45, 7) is 3.81. The number of carbonyl (C=O) groups is 2. The number of nitro groups is 1. The van der Waals surface area contributed by atoms with Crippen LogP contribution in [0.2, 0.25) is 0 Å². The Morgan fingerprint density at radius 2 is 1.92 bits per heavy atom. The van der Waals surface area contributed by atoms with E-state index in [1.165, 1.54) is 12.1 Å². The van der Waals surface area contributed by atoms with E-state index in [4.69, 9.17) is 9.84 Å². The van der Waals surface area contributed by atoms with Crippen molar-refractivity contribution in [2.45, 2.75) is 20.3 Å². The number of nitro benzene ring substituents is 1. The average Bonchev–Trinajstić information content (AvgIpc) is 2.51. The first-order valence-corrected chi connectivity index (χ1v) is 9.67. The van der Waals surface area contributed by atoms with Crippen LogP contribution in [0.1, 0.15) is 30.6 Å². The minimum Gasteiger partial charge on any atom is -0.493 e. The van der Waals surface area contributed by atoms with Gasteiger partial charge in [-0.1, -0.05) is 13.8 Å². The molecule has 0 aliphatic carbocycles. The summed E-state index contributed by atoms with van der Waals surface area (Å²) in [5, 5.41) is 21.5. The van der Waals surface area contributed by atoms with E-state index in [1.807, 2.05) is 13.8 Å². The summed E-state index contributed by atoms with van der Waals surface area (Å²) in [6.07, 6.45) is 4.03. The van der Waals surface area contributed by atoms with Gasteiger partial charge in [0.2, 0.25) is 0 Å². The number of ether oxygens (including phenoxy) is 1. The van der Waals surface area contributed by atoms with Crippen LogP contribution in [0.5, 0.6) is 5.75 Å². The van der Waals surface area contributed by atoms with Gasteiger partial charge < -0.3 is 15.2 Å². The molecule has 0 bridgehead atoms. The molecule has 0 radical (unpaired) electrons. The van der Waals surface area contributed by atoms with Crippen molar-refractivity contribution in [2.24, 2.45) is 5.92 Å². The molecule has 0 aliphatic heterocycles. The first-order valence-electron chi connectivity index (χ1n) is 7.70. The lowest BCUT2D eigenvalue weighted by Crippen LogP contribution is -2.29. The zero-order valence-corrected chi connectivity index (χ0v) is 16.0. The highest BCUT2D eigenvalue weighted by Gasteiger charge is 2.18. The first kappa shape index (κ1) is 23.5. The minimum absolute atomic E-state index is 0.0563. The molecule has 0 atom stereocenters. The summed E-state index contributed by atoms with van der Waals surface area (Å²) >= 11 is 0. The Morgan fingerprint density at radius 1 is 1.35 bits per heavy atom. The highest BCUT2D eigenvalue weighted by molar-refractivity contribution is 7.83. The van der Waals surface area contributed by atoms with Gasteiger partial charge in [0.15, 0.2) is 0 Å². The molecular formula is C16H24N2O7S. The van der Waals surface area contributed by atoms with Crippen LogP contribution in [-0.4, -0.2) is 51.8 Å². The molecule has 10 heteroatoms. The van der Waals surface area contributed by atoms with E-state index in [1.54, 1.807) is 12.5 Å². The van der Waals surface area contributed by atoms with Crippen LogP contribution in [0, 0.1) is 16.0 Å². The Labute approximate surface area is 154 Å². The summed E-state index contributed by atoms with van der Waals surface area (Å²) in [6, 6.07) is 3.65. The average molecular weight is 388 g/mol. The van der Waals surface area contributed by atoms with E-state index < -0.39 is 34.1 Å². The van der Waals surface area contributed by atoms with Crippen LogP contribution in [0.25, 0.3) is 0 Å². The second kappa shape index (κ2) is 12.0. The smallest absolute Gasteiger partial charge is 0.322 e. The molecule has 1 aromatic rings. The van der Waals surface area contributed by atoms with Crippen LogP contribution >= 0.6 is 0 Å².